The fourth-order valence-electron chi connectivity index (χ4n) is 2.16. The van der Waals surface area contributed by atoms with E-state index in [1.807, 2.05) is 0 Å². The molecule has 4 nitrogen and oxygen atoms in total. The predicted molar refractivity (Wildman–Crippen MR) is 69.8 cm³/mol. The van der Waals surface area contributed by atoms with E-state index in [-0.39, 0.29) is 31.8 Å². The molecule has 1 amide bonds. The van der Waals surface area contributed by atoms with Gasteiger partial charge < -0.3 is 4.90 Å². The molecule has 0 bridgehead atoms. The van der Waals surface area contributed by atoms with Gasteiger partial charge in [-0.3, -0.25) is 4.79 Å². The summed E-state index contributed by atoms with van der Waals surface area (Å²) in [5, 5.41) is -0.916. The fraction of sp³-hybridized carbons (Fsp3) is 0.417. The first-order valence-corrected chi connectivity index (χ1v) is 8.29. The van der Waals surface area contributed by atoms with Crippen molar-refractivity contribution in [3.8, 4) is 0 Å². The second-order valence-electron chi connectivity index (χ2n) is 4.67. The average Bonchev–Trinajstić information content (AvgIpc) is 2.66. The zero-order chi connectivity index (χ0) is 14.9. The Morgan fingerprint density at radius 2 is 1.85 bits per heavy atom. The van der Waals surface area contributed by atoms with E-state index >= 15 is 0 Å². The van der Waals surface area contributed by atoms with Crippen molar-refractivity contribution in [3.63, 3.8) is 0 Å². The second-order valence-corrected chi connectivity index (χ2v) is 7.58. The largest absolute Gasteiger partial charge is 0.341 e. The molecule has 1 aliphatic rings. The van der Waals surface area contributed by atoms with Crippen LogP contribution in [0.15, 0.2) is 18.2 Å². The predicted octanol–water partition coefficient (Wildman–Crippen LogP) is 1.68. The number of benzene rings is 1. The third kappa shape index (κ3) is 3.67. The van der Waals surface area contributed by atoms with E-state index in [1.54, 1.807) is 0 Å². The van der Waals surface area contributed by atoms with Crippen LogP contribution >= 0.6 is 10.7 Å². The molecule has 0 aromatic heterocycles. The Kier molecular flexibility index (Phi) is 4.29. The topological polar surface area (TPSA) is 54.5 Å². The fourth-order valence-corrected chi connectivity index (χ4v) is 3.22. The molecule has 1 aliphatic heterocycles. The van der Waals surface area contributed by atoms with Crippen molar-refractivity contribution in [2.75, 3.05) is 13.1 Å². The zero-order valence-electron chi connectivity index (χ0n) is 10.4. The lowest BCUT2D eigenvalue weighted by molar-refractivity contribution is -0.127. The van der Waals surface area contributed by atoms with Gasteiger partial charge in [-0.25, -0.2) is 17.2 Å². The van der Waals surface area contributed by atoms with Gasteiger partial charge in [0, 0.05) is 36.3 Å². The van der Waals surface area contributed by atoms with Crippen LogP contribution in [0.1, 0.15) is 12.0 Å². The third-order valence-corrected chi connectivity index (χ3v) is 5.04. The quantitative estimate of drug-likeness (QED) is 0.792. The number of amides is 1. The van der Waals surface area contributed by atoms with Crippen LogP contribution < -0.4 is 0 Å². The molecular formula is C12H12ClF2NO3S. The lowest BCUT2D eigenvalue weighted by atomic mass is 10.1. The van der Waals surface area contributed by atoms with Crippen LogP contribution in [-0.2, 0) is 20.3 Å². The molecule has 1 atom stereocenters. The van der Waals surface area contributed by atoms with Gasteiger partial charge in [0.1, 0.15) is 16.9 Å². The van der Waals surface area contributed by atoms with E-state index in [2.05, 4.69) is 0 Å². The lowest BCUT2D eigenvalue weighted by Gasteiger charge is -2.16. The summed E-state index contributed by atoms with van der Waals surface area (Å²) < 4.78 is 48.4. The molecule has 20 heavy (non-hydrogen) atoms. The Labute approximate surface area is 119 Å². The van der Waals surface area contributed by atoms with E-state index in [1.165, 1.54) is 17.0 Å². The van der Waals surface area contributed by atoms with Gasteiger partial charge in [-0.2, -0.15) is 0 Å². The zero-order valence-corrected chi connectivity index (χ0v) is 11.9. The average molecular weight is 324 g/mol. The van der Waals surface area contributed by atoms with Gasteiger partial charge in [-0.15, -0.1) is 0 Å². The SMILES string of the molecule is O=C1CC(S(=O)(=O)Cl)CN1CCc1cc(F)cc(F)c1. The van der Waals surface area contributed by atoms with E-state index in [0.29, 0.717) is 5.56 Å². The van der Waals surface area contributed by atoms with Gasteiger partial charge in [-0.05, 0) is 24.1 Å². The molecule has 0 spiro atoms. The van der Waals surface area contributed by atoms with Crippen molar-refractivity contribution in [1.29, 1.82) is 0 Å². The van der Waals surface area contributed by atoms with Gasteiger partial charge in [0.2, 0.25) is 15.0 Å². The van der Waals surface area contributed by atoms with Crippen LogP contribution in [0.4, 0.5) is 8.78 Å². The number of likely N-dealkylation sites (tertiary alicyclic amines) is 1. The molecule has 0 aliphatic carbocycles. The van der Waals surface area contributed by atoms with Crippen LogP contribution in [0.3, 0.4) is 0 Å². The minimum atomic E-state index is -3.78. The molecule has 110 valence electrons. The van der Waals surface area contributed by atoms with Crippen LogP contribution in [0, 0.1) is 11.6 Å². The van der Waals surface area contributed by atoms with E-state index in [0.717, 1.165) is 6.07 Å². The van der Waals surface area contributed by atoms with Crippen LogP contribution in [0.5, 0.6) is 0 Å². The summed E-state index contributed by atoms with van der Waals surface area (Å²) >= 11 is 0. The van der Waals surface area contributed by atoms with Gasteiger partial charge in [0.25, 0.3) is 0 Å². The highest BCUT2D eigenvalue weighted by molar-refractivity contribution is 8.14. The number of nitrogens with zero attached hydrogens (tertiary/aromatic N) is 1. The molecule has 0 radical (unpaired) electrons. The van der Waals surface area contributed by atoms with Crippen LogP contribution in [-0.4, -0.2) is 37.6 Å². The van der Waals surface area contributed by atoms with Crippen molar-refractivity contribution in [3.05, 3.63) is 35.4 Å². The third-order valence-electron chi connectivity index (χ3n) is 3.17. The van der Waals surface area contributed by atoms with E-state index in [9.17, 15) is 22.0 Å². The highest BCUT2D eigenvalue weighted by atomic mass is 35.7. The van der Waals surface area contributed by atoms with Crippen molar-refractivity contribution >= 4 is 25.6 Å². The number of carbonyl (C=O) groups is 1. The summed E-state index contributed by atoms with van der Waals surface area (Å²) in [7, 11) is 1.45. The number of hydrogen-bond donors (Lipinski definition) is 0. The molecule has 1 heterocycles. The molecule has 0 saturated carbocycles. The molecule has 1 unspecified atom stereocenters. The van der Waals surface area contributed by atoms with Crippen molar-refractivity contribution in [2.24, 2.45) is 0 Å². The van der Waals surface area contributed by atoms with Gasteiger partial charge in [0.15, 0.2) is 0 Å². The van der Waals surface area contributed by atoms with Crippen molar-refractivity contribution in [2.45, 2.75) is 18.1 Å². The second kappa shape index (κ2) is 5.65. The molecule has 1 aromatic rings. The van der Waals surface area contributed by atoms with Gasteiger partial charge in [0.05, 0.1) is 0 Å². The maximum absolute atomic E-state index is 13.0. The molecule has 1 saturated heterocycles. The van der Waals surface area contributed by atoms with E-state index < -0.39 is 25.9 Å². The van der Waals surface area contributed by atoms with Crippen LogP contribution in [0.2, 0.25) is 0 Å². The summed E-state index contributed by atoms with van der Waals surface area (Å²) in [4.78, 5) is 13.0. The number of hydrogen-bond acceptors (Lipinski definition) is 3. The first-order chi connectivity index (χ1) is 9.25. The maximum Gasteiger partial charge on any atom is 0.237 e. The number of halogens is 3. The minimum absolute atomic E-state index is 0.0163. The standard InChI is InChI=1S/C12H12ClF2NO3S/c13-20(18,19)11-6-12(17)16(7-11)2-1-8-3-9(14)5-10(15)4-8/h3-5,11H,1-2,6-7H2. The summed E-state index contributed by atoms with van der Waals surface area (Å²) in [5.41, 5.74) is 0.410. The highest BCUT2D eigenvalue weighted by Crippen LogP contribution is 2.21. The summed E-state index contributed by atoms with van der Waals surface area (Å²) in [6.45, 7) is 0.215. The van der Waals surface area contributed by atoms with Crippen LogP contribution in [0.25, 0.3) is 0 Å². The Bertz CT molecular complexity index is 615. The van der Waals surface area contributed by atoms with Gasteiger partial charge in [-0.1, -0.05) is 0 Å². The first kappa shape index (κ1) is 15.2. The Hall–Kier alpha value is -1.21. The van der Waals surface area contributed by atoms with Gasteiger partial charge >= 0.3 is 0 Å². The van der Waals surface area contributed by atoms with E-state index in [4.69, 9.17) is 10.7 Å². The molecule has 8 heteroatoms. The monoisotopic (exact) mass is 323 g/mol. The summed E-state index contributed by atoms with van der Waals surface area (Å²) in [6, 6.07) is 3.12. The number of rotatable bonds is 4. The normalized spacial score (nSPS) is 19.6. The molecule has 1 aromatic carbocycles. The maximum atomic E-state index is 13.0. The van der Waals surface area contributed by atoms with Crippen molar-refractivity contribution in [1.82, 2.24) is 4.90 Å². The highest BCUT2D eigenvalue weighted by Gasteiger charge is 2.36. The summed E-state index contributed by atoms with van der Waals surface area (Å²) in [5.74, 6) is -1.70. The minimum Gasteiger partial charge on any atom is -0.341 e. The molecule has 2 rings (SSSR count). The smallest absolute Gasteiger partial charge is 0.237 e. The Morgan fingerprint density at radius 3 is 2.35 bits per heavy atom. The summed E-state index contributed by atoms with van der Waals surface area (Å²) in [6.07, 6.45) is 0.0961. The lowest BCUT2D eigenvalue weighted by Crippen LogP contribution is -2.29. The molecule has 1 fully saturated rings. The molecular weight excluding hydrogens is 312 g/mol. The van der Waals surface area contributed by atoms with Crippen molar-refractivity contribution < 1.29 is 22.0 Å². The Balaban J connectivity index is 1.99. The molecule has 0 N–H and O–H groups in total. The Morgan fingerprint density at radius 1 is 1.25 bits per heavy atom. The first-order valence-electron chi connectivity index (χ1n) is 5.92. The number of carbonyl (C=O) groups excluding carboxylic acids is 1.